The number of carbonyl (C=O) groups is 3. The predicted octanol–water partition coefficient (Wildman–Crippen LogP) is 2.01. The van der Waals surface area contributed by atoms with Crippen molar-refractivity contribution in [2.24, 2.45) is 0 Å². The van der Waals surface area contributed by atoms with Crippen LogP contribution in [-0.2, 0) is 27.4 Å². The van der Waals surface area contributed by atoms with E-state index in [1.165, 1.54) is 7.11 Å². The van der Waals surface area contributed by atoms with Gasteiger partial charge in [0, 0.05) is 44.8 Å². The SMILES string of the molecule is COc1ccc2cc1OCC(=O)NCc1ccc(cc1)O[C@H]1CN(Cc3ccc(OCC(=O)N4CCOCC4)c(OC)c3)C[C@@H]1NC2=O. The zero-order valence-corrected chi connectivity index (χ0v) is 27.1. The van der Waals surface area contributed by atoms with E-state index < -0.39 is 0 Å². The third-order valence-corrected chi connectivity index (χ3v) is 8.49. The third-order valence-electron chi connectivity index (χ3n) is 8.49. The van der Waals surface area contributed by atoms with Gasteiger partial charge in [-0.05, 0) is 53.6 Å². The van der Waals surface area contributed by atoms with E-state index in [9.17, 15) is 14.4 Å². The second-order valence-electron chi connectivity index (χ2n) is 11.8. The number of likely N-dealkylation sites (tertiary alicyclic amines) is 1. The predicted molar refractivity (Wildman–Crippen MR) is 174 cm³/mol. The van der Waals surface area contributed by atoms with Crippen LogP contribution in [0.15, 0.2) is 60.7 Å². The van der Waals surface area contributed by atoms with Gasteiger partial charge >= 0.3 is 0 Å². The molecule has 0 unspecified atom stereocenters. The summed E-state index contributed by atoms with van der Waals surface area (Å²) in [5.74, 6) is 1.68. The quantitative estimate of drug-likeness (QED) is 0.387. The van der Waals surface area contributed by atoms with E-state index in [1.807, 2.05) is 42.5 Å². The number of methoxy groups -OCH3 is 2. The number of fused-ring (bicyclic) bond motifs is 7. The molecule has 4 bridgehead atoms. The minimum atomic E-state index is -0.347. The number of carbonyl (C=O) groups excluding carboxylic acids is 3. The molecular formula is C35H40N4O9. The van der Waals surface area contributed by atoms with Crippen LogP contribution in [0.25, 0.3) is 0 Å². The van der Waals surface area contributed by atoms with Crippen molar-refractivity contribution in [1.82, 2.24) is 20.4 Å². The fourth-order valence-electron chi connectivity index (χ4n) is 5.91. The second kappa shape index (κ2) is 15.3. The standard InChI is InChI=1S/C35H40N4O9/c1-43-28-10-6-25-16-31(28)46-21-33(40)36-17-23-3-7-26(8-4-23)48-32-20-38(19-27(32)37-35(25)42)18-24-5-9-29(30(15-24)44-2)47-22-34(41)39-11-13-45-14-12-39/h3-10,15-16,27,32H,11-14,17-22H2,1-2H3,(H,36,40)(H,37,42)/t27-,32-/m0/s1. The smallest absolute Gasteiger partial charge is 0.260 e. The Morgan fingerprint density at radius 3 is 2.46 bits per heavy atom. The van der Waals surface area contributed by atoms with Crippen molar-refractivity contribution in [2.75, 3.05) is 66.8 Å². The van der Waals surface area contributed by atoms with Gasteiger partial charge in [-0.1, -0.05) is 18.2 Å². The summed E-state index contributed by atoms with van der Waals surface area (Å²) < 4.78 is 34.4. The van der Waals surface area contributed by atoms with Gasteiger partial charge in [0.15, 0.2) is 36.2 Å². The molecule has 3 aromatic rings. The fraction of sp³-hybridized carbons (Fsp3) is 0.400. The zero-order valence-electron chi connectivity index (χ0n) is 27.1. The average Bonchev–Trinajstić information content (AvgIpc) is 3.48. The van der Waals surface area contributed by atoms with Crippen LogP contribution in [-0.4, -0.2) is 106 Å². The van der Waals surface area contributed by atoms with Crippen molar-refractivity contribution in [2.45, 2.75) is 25.2 Å². The highest BCUT2D eigenvalue weighted by Crippen LogP contribution is 2.31. The Morgan fingerprint density at radius 1 is 0.917 bits per heavy atom. The second-order valence-corrected chi connectivity index (χ2v) is 11.8. The van der Waals surface area contributed by atoms with Gasteiger partial charge in [-0.15, -0.1) is 0 Å². The molecule has 2 N–H and O–H groups in total. The Balaban J connectivity index is 1.17. The van der Waals surface area contributed by atoms with Crippen LogP contribution in [0.1, 0.15) is 21.5 Å². The van der Waals surface area contributed by atoms with E-state index in [0.29, 0.717) is 86.8 Å². The molecule has 0 saturated carbocycles. The maximum atomic E-state index is 13.5. The highest BCUT2D eigenvalue weighted by molar-refractivity contribution is 5.95. The van der Waals surface area contributed by atoms with Crippen molar-refractivity contribution in [3.05, 3.63) is 77.4 Å². The molecule has 13 nitrogen and oxygen atoms in total. The molecule has 254 valence electrons. The van der Waals surface area contributed by atoms with E-state index in [2.05, 4.69) is 15.5 Å². The van der Waals surface area contributed by atoms with Gasteiger partial charge in [-0.25, -0.2) is 0 Å². The third kappa shape index (κ3) is 8.09. The first-order valence-electron chi connectivity index (χ1n) is 15.9. The van der Waals surface area contributed by atoms with Crippen molar-refractivity contribution in [3.63, 3.8) is 0 Å². The molecular weight excluding hydrogens is 620 g/mol. The van der Waals surface area contributed by atoms with Gasteiger partial charge in [-0.2, -0.15) is 0 Å². The summed E-state index contributed by atoms with van der Waals surface area (Å²) >= 11 is 0. The minimum absolute atomic E-state index is 0.0837. The lowest BCUT2D eigenvalue weighted by Gasteiger charge is -2.26. The Bertz CT molecular complexity index is 1610. The first-order valence-corrected chi connectivity index (χ1v) is 15.9. The Kier molecular flexibility index (Phi) is 10.5. The van der Waals surface area contributed by atoms with E-state index >= 15 is 0 Å². The van der Waals surface area contributed by atoms with Gasteiger partial charge in [0.2, 0.25) is 0 Å². The van der Waals surface area contributed by atoms with Gasteiger partial charge in [0.05, 0.1) is 33.5 Å². The van der Waals surface area contributed by atoms with Crippen LogP contribution >= 0.6 is 0 Å². The molecule has 48 heavy (non-hydrogen) atoms. The van der Waals surface area contributed by atoms with Crippen LogP contribution in [0.5, 0.6) is 28.7 Å². The monoisotopic (exact) mass is 660 g/mol. The summed E-state index contributed by atoms with van der Waals surface area (Å²) in [5.41, 5.74) is 2.25. The lowest BCUT2D eigenvalue weighted by Crippen LogP contribution is -2.45. The highest BCUT2D eigenvalue weighted by Gasteiger charge is 2.36. The topological polar surface area (TPSA) is 137 Å². The molecule has 0 radical (unpaired) electrons. The van der Waals surface area contributed by atoms with Crippen LogP contribution in [0.4, 0.5) is 0 Å². The van der Waals surface area contributed by atoms with E-state index in [1.54, 1.807) is 30.2 Å². The summed E-state index contributed by atoms with van der Waals surface area (Å²) in [6.45, 7) is 3.83. The van der Waals surface area contributed by atoms with Crippen molar-refractivity contribution < 1.29 is 42.8 Å². The Morgan fingerprint density at radius 2 is 1.69 bits per heavy atom. The summed E-state index contributed by atoms with van der Waals surface area (Å²) in [4.78, 5) is 42.5. The Hall–Kier alpha value is -5.01. The molecule has 0 aromatic heterocycles. The molecule has 0 spiro atoms. The van der Waals surface area contributed by atoms with Gasteiger partial charge in [-0.3, -0.25) is 19.3 Å². The van der Waals surface area contributed by atoms with Crippen molar-refractivity contribution in [1.29, 1.82) is 0 Å². The number of ether oxygens (including phenoxy) is 6. The molecule has 0 aliphatic carbocycles. The zero-order chi connectivity index (χ0) is 33.5. The summed E-state index contributed by atoms with van der Waals surface area (Å²) in [6, 6.07) is 17.7. The number of nitrogens with zero attached hydrogens (tertiary/aromatic N) is 2. The molecule has 4 aliphatic rings. The molecule has 4 aliphatic heterocycles. The lowest BCUT2D eigenvalue weighted by atomic mass is 10.1. The van der Waals surface area contributed by atoms with E-state index in [4.69, 9.17) is 28.4 Å². The number of morpholine rings is 1. The number of hydrogen-bond acceptors (Lipinski definition) is 10. The molecule has 3 aromatic carbocycles. The molecule has 3 amide bonds. The minimum Gasteiger partial charge on any atom is -0.493 e. The molecule has 2 atom stereocenters. The number of nitrogens with one attached hydrogen (secondary N) is 2. The van der Waals surface area contributed by atoms with Crippen molar-refractivity contribution in [3.8, 4) is 28.7 Å². The average molecular weight is 661 g/mol. The van der Waals surface area contributed by atoms with Crippen LogP contribution in [0, 0.1) is 0 Å². The van der Waals surface area contributed by atoms with Gasteiger partial charge in [0.25, 0.3) is 17.7 Å². The first-order chi connectivity index (χ1) is 23.4. The number of hydrogen-bond donors (Lipinski definition) is 2. The summed E-state index contributed by atoms with van der Waals surface area (Å²) in [5, 5.41) is 5.99. The number of rotatable bonds is 7. The largest absolute Gasteiger partial charge is 0.493 e. The molecule has 7 rings (SSSR count). The van der Waals surface area contributed by atoms with Gasteiger partial charge < -0.3 is 44.0 Å². The van der Waals surface area contributed by atoms with Gasteiger partial charge in [0.1, 0.15) is 11.9 Å². The molecule has 13 heteroatoms. The van der Waals surface area contributed by atoms with Crippen LogP contribution in [0.3, 0.4) is 0 Å². The maximum absolute atomic E-state index is 13.5. The van der Waals surface area contributed by atoms with Crippen molar-refractivity contribution >= 4 is 17.7 Å². The molecule has 2 saturated heterocycles. The first kappa shape index (κ1) is 32.9. The normalized spacial score (nSPS) is 20.0. The maximum Gasteiger partial charge on any atom is 0.260 e. The highest BCUT2D eigenvalue weighted by atomic mass is 16.5. The van der Waals surface area contributed by atoms with E-state index in [-0.39, 0.29) is 43.1 Å². The number of amides is 3. The van der Waals surface area contributed by atoms with Crippen LogP contribution < -0.4 is 34.3 Å². The van der Waals surface area contributed by atoms with E-state index in [0.717, 1.165) is 11.1 Å². The fourth-order valence-corrected chi connectivity index (χ4v) is 5.91. The number of benzene rings is 3. The summed E-state index contributed by atoms with van der Waals surface area (Å²) in [7, 11) is 3.07. The lowest BCUT2D eigenvalue weighted by molar-refractivity contribution is -0.137. The Labute approximate surface area is 279 Å². The molecule has 4 heterocycles. The molecule has 2 fully saturated rings. The van der Waals surface area contributed by atoms with Crippen LogP contribution in [0.2, 0.25) is 0 Å². The summed E-state index contributed by atoms with van der Waals surface area (Å²) in [6.07, 6.45) is -0.347.